The van der Waals surface area contributed by atoms with Gasteiger partial charge in [-0.3, -0.25) is 4.79 Å². The maximum Gasteiger partial charge on any atom is 0.337 e. The molecule has 2 rings (SSSR count). The molecule has 0 radical (unpaired) electrons. The summed E-state index contributed by atoms with van der Waals surface area (Å²) in [5.41, 5.74) is 0.866. The van der Waals surface area contributed by atoms with Gasteiger partial charge < -0.3 is 15.2 Å². The van der Waals surface area contributed by atoms with Crippen LogP contribution in [0.5, 0.6) is 0 Å². The van der Waals surface area contributed by atoms with Gasteiger partial charge in [0, 0.05) is 12.1 Å². The van der Waals surface area contributed by atoms with E-state index in [1.165, 1.54) is 13.5 Å². The number of aliphatic hydroxyl groups is 1. The van der Waals surface area contributed by atoms with Crippen LogP contribution in [0.2, 0.25) is 0 Å². The quantitative estimate of drug-likeness (QED) is 0.817. The number of hydrogen-bond donors (Lipinski definition) is 2. The number of aliphatic hydroxyl groups excluding tert-OH is 1. The Bertz CT molecular complexity index is 506. The normalized spacial score (nSPS) is 16.8. The summed E-state index contributed by atoms with van der Waals surface area (Å²) in [5.74, 6) is -0.387. The lowest BCUT2D eigenvalue weighted by atomic mass is 9.85. The summed E-state index contributed by atoms with van der Waals surface area (Å²) in [6.45, 7) is 0.266. The number of carbonyl (C=O) groups excluding carboxylic acids is 2. The van der Waals surface area contributed by atoms with Gasteiger partial charge in [-0.25, -0.2) is 4.79 Å². The molecule has 22 heavy (non-hydrogen) atoms. The third-order valence-electron chi connectivity index (χ3n) is 4.23. The molecule has 0 unspecified atom stereocenters. The number of benzene rings is 1. The van der Waals surface area contributed by atoms with Crippen LogP contribution in [0.4, 0.5) is 0 Å². The Labute approximate surface area is 130 Å². The van der Waals surface area contributed by atoms with Crippen molar-refractivity contribution in [3.8, 4) is 0 Å². The van der Waals surface area contributed by atoms with Gasteiger partial charge in [0.25, 0.3) is 5.91 Å². The molecule has 0 saturated heterocycles. The minimum atomic E-state index is -0.487. The average Bonchev–Trinajstić information content (AvgIpc) is 2.59. The Kier molecular flexibility index (Phi) is 5.95. The van der Waals surface area contributed by atoms with E-state index < -0.39 is 12.1 Å². The van der Waals surface area contributed by atoms with Crippen molar-refractivity contribution in [2.45, 2.75) is 38.2 Å². The van der Waals surface area contributed by atoms with Crippen molar-refractivity contribution in [2.24, 2.45) is 5.92 Å². The summed E-state index contributed by atoms with van der Waals surface area (Å²) in [6, 6.07) is 6.26. The predicted molar refractivity (Wildman–Crippen MR) is 82.7 cm³/mol. The molecule has 0 spiro atoms. The van der Waals surface area contributed by atoms with Crippen molar-refractivity contribution >= 4 is 11.9 Å². The van der Waals surface area contributed by atoms with Crippen LogP contribution in [0.25, 0.3) is 0 Å². The summed E-state index contributed by atoms with van der Waals surface area (Å²) in [7, 11) is 1.32. The molecule has 0 heterocycles. The Hall–Kier alpha value is -1.88. The van der Waals surface area contributed by atoms with Gasteiger partial charge in [0.15, 0.2) is 0 Å². The second-order valence-electron chi connectivity index (χ2n) is 5.74. The topological polar surface area (TPSA) is 75.6 Å². The molecule has 2 N–H and O–H groups in total. The molecule has 1 aliphatic rings. The summed E-state index contributed by atoms with van der Waals surface area (Å²) in [4.78, 5) is 23.4. The molecule has 1 fully saturated rings. The fourth-order valence-corrected chi connectivity index (χ4v) is 2.86. The van der Waals surface area contributed by atoms with Crippen molar-refractivity contribution in [1.29, 1.82) is 0 Å². The minimum Gasteiger partial charge on any atom is -0.465 e. The van der Waals surface area contributed by atoms with Crippen LogP contribution in [-0.4, -0.2) is 36.7 Å². The zero-order valence-electron chi connectivity index (χ0n) is 12.9. The van der Waals surface area contributed by atoms with E-state index in [0.717, 1.165) is 25.7 Å². The van der Waals surface area contributed by atoms with Crippen LogP contribution in [0.1, 0.15) is 52.8 Å². The fraction of sp³-hybridized carbons (Fsp3) is 0.529. The highest BCUT2D eigenvalue weighted by Gasteiger charge is 2.22. The van der Waals surface area contributed by atoms with Gasteiger partial charge in [-0.05, 0) is 43.0 Å². The van der Waals surface area contributed by atoms with Gasteiger partial charge in [0.1, 0.15) is 0 Å². The molecule has 1 atom stereocenters. The molecule has 1 aromatic carbocycles. The maximum absolute atomic E-state index is 12.0. The summed E-state index contributed by atoms with van der Waals surface area (Å²) >= 11 is 0. The second kappa shape index (κ2) is 7.94. The third-order valence-corrected chi connectivity index (χ3v) is 4.23. The number of esters is 1. The number of carbonyl (C=O) groups is 2. The highest BCUT2D eigenvalue weighted by atomic mass is 16.5. The van der Waals surface area contributed by atoms with Gasteiger partial charge in [0.2, 0.25) is 0 Å². The molecule has 1 aliphatic carbocycles. The molecule has 1 amide bonds. The predicted octanol–water partition coefficient (Wildman–Crippen LogP) is 2.14. The van der Waals surface area contributed by atoms with Gasteiger partial charge in [-0.15, -0.1) is 0 Å². The third kappa shape index (κ3) is 4.31. The maximum atomic E-state index is 12.0. The Morgan fingerprint density at radius 1 is 1.18 bits per heavy atom. The molecular formula is C17H23NO4. The Balaban J connectivity index is 1.85. The summed E-state index contributed by atoms with van der Waals surface area (Å²) in [5, 5.41) is 12.9. The van der Waals surface area contributed by atoms with Gasteiger partial charge >= 0.3 is 5.97 Å². The SMILES string of the molecule is COC(=O)c1ccc(C(=O)NC[C@H](O)C2CCCCC2)cc1. The molecule has 5 nitrogen and oxygen atoms in total. The zero-order valence-corrected chi connectivity index (χ0v) is 12.9. The van der Waals surface area contributed by atoms with Gasteiger partial charge in [0.05, 0.1) is 18.8 Å². The number of amides is 1. The molecular weight excluding hydrogens is 282 g/mol. The van der Waals surface area contributed by atoms with Crippen LogP contribution in [0.15, 0.2) is 24.3 Å². The van der Waals surface area contributed by atoms with E-state index in [1.807, 2.05) is 0 Å². The molecule has 0 aromatic heterocycles. The molecule has 120 valence electrons. The molecule has 1 saturated carbocycles. The highest BCUT2D eigenvalue weighted by molar-refractivity contribution is 5.96. The zero-order chi connectivity index (χ0) is 15.9. The van der Waals surface area contributed by atoms with Crippen LogP contribution in [0.3, 0.4) is 0 Å². The molecule has 0 bridgehead atoms. The van der Waals surface area contributed by atoms with Crippen molar-refractivity contribution in [2.75, 3.05) is 13.7 Å². The molecule has 5 heteroatoms. The van der Waals surface area contributed by atoms with Crippen molar-refractivity contribution in [1.82, 2.24) is 5.32 Å². The Morgan fingerprint density at radius 2 is 1.77 bits per heavy atom. The van der Waals surface area contributed by atoms with Crippen LogP contribution >= 0.6 is 0 Å². The molecule has 0 aliphatic heterocycles. The summed E-state index contributed by atoms with van der Waals surface area (Å²) in [6.07, 6.45) is 5.13. The molecule has 1 aromatic rings. The average molecular weight is 305 g/mol. The van der Waals surface area contributed by atoms with Gasteiger partial charge in [-0.2, -0.15) is 0 Å². The van der Waals surface area contributed by atoms with Crippen molar-refractivity contribution in [3.63, 3.8) is 0 Å². The standard InChI is InChI=1S/C17H23NO4/c1-22-17(21)14-9-7-13(8-10-14)16(20)18-11-15(19)12-5-3-2-4-6-12/h7-10,12,15,19H,2-6,11H2,1H3,(H,18,20)/t15-/m0/s1. The Morgan fingerprint density at radius 3 is 2.36 bits per heavy atom. The first-order valence-electron chi connectivity index (χ1n) is 7.76. The lowest BCUT2D eigenvalue weighted by Crippen LogP contribution is -2.37. The van der Waals surface area contributed by atoms with E-state index in [4.69, 9.17) is 0 Å². The van der Waals surface area contributed by atoms with Crippen molar-refractivity contribution in [3.05, 3.63) is 35.4 Å². The van der Waals surface area contributed by atoms with Crippen LogP contribution < -0.4 is 5.32 Å². The number of nitrogens with one attached hydrogen (secondary N) is 1. The minimum absolute atomic E-state index is 0.244. The first kappa shape index (κ1) is 16.5. The van der Waals surface area contributed by atoms with E-state index >= 15 is 0 Å². The van der Waals surface area contributed by atoms with E-state index in [-0.39, 0.29) is 18.4 Å². The lowest BCUT2D eigenvalue weighted by Gasteiger charge is -2.26. The second-order valence-corrected chi connectivity index (χ2v) is 5.74. The first-order valence-corrected chi connectivity index (χ1v) is 7.76. The number of hydrogen-bond acceptors (Lipinski definition) is 4. The number of methoxy groups -OCH3 is 1. The van der Waals surface area contributed by atoms with Gasteiger partial charge in [-0.1, -0.05) is 19.3 Å². The highest BCUT2D eigenvalue weighted by Crippen LogP contribution is 2.26. The van der Waals surface area contributed by atoms with Crippen molar-refractivity contribution < 1.29 is 19.4 Å². The summed E-state index contributed by atoms with van der Waals surface area (Å²) < 4.78 is 4.61. The van der Waals surface area contributed by atoms with E-state index in [0.29, 0.717) is 11.1 Å². The van der Waals surface area contributed by atoms with Crippen LogP contribution in [-0.2, 0) is 4.74 Å². The van der Waals surface area contributed by atoms with Crippen LogP contribution in [0, 0.1) is 5.92 Å². The monoisotopic (exact) mass is 305 g/mol. The number of ether oxygens (including phenoxy) is 1. The fourth-order valence-electron chi connectivity index (χ4n) is 2.86. The first-order chi connectivity index (χ1) is 10.6. The largest absolute Gasteiger partial charge is 0.465 e. The van der Waals surface area contributed by atoms with E-state index in [9.17, 15) is 14.7 Å². The lowest BCUT2D eigenvalue weighted by molar-refractivity contribution is 0.0600. The van der Waals surface area contributed by atoms with E-state index in [1.54, 1.807) is 24.3 Å². The number of rotatable bonds is 5. The van der Waals surface area contributed by atoms with E-state index in [2.05, 4.69) is 10.1 Å². The smallest absolute Gasteiger partial charge is 0.337 e.